The Morgan fingerprint density at radius 3 is 2.64 bits per heavy atom. The zero-order valence-corrected chi connectivity index (χ0v) is 16.8. The Balaban J connectivity index is 2.02. The van der Waals surface area contributed by atoms with Crippen LogP contribution in [0.4, 0.5) is 4.79 Å². The SMILES string of the molecule is CCOC(=O)C1=C(c2ccnc3ccccc23)CCN(C(=O)OC(C)(C)C)C1. The first-order chi connectivity index (χ1) is 13.3. The molecule has 1 aliphatic heterocycles. The Morgan fingerprint density at radius 1 is 1.18 bits per heavy atom. The van der Waals surface area contributed by atoms with Gasteiger partial charge in [0.25, 0.3) is 0 Å². The quantitative estimate of drug-likeness (QED) is 0.745. The summed E-state index contributed by atoms with van der Waals surface area (Å²) in [5.41, 5.74) is 2.63. The van der Waals surface area contributed by atoms with Crippen LogP contribution < -0.4 is 0 Å². The Labute approximate surface area is 165 Å². The van der Waals surface area contributed by atoms with Gasteiger partial charge in [-0.25, -0.2) is 9.59 Å². The number of para-hydroxylation sites is 1. The van der Waals surface area contributed by atoms with Crippen LogP contribution in [0.1, 0.15) is 39.7 Å². The average Bonchev–Trinajstić information content (AvgIpc) is 2.66. The second-order valence-corrected chi connectivity index (χ2v) is 7.71. The van der Waals surface area contributed by atoms with Crippen molar-refractivity contribution in [3.63, 3.8) is 0 Å². The molecule has 0 fully saturated rings. The van der Waals surface area contributed by atoms with Crippen molar-refractivity contribution >= 4 is 28.5 Å². The monoisotopic (exact) mass is 382 g/mol. The van der Waals surface area contributed by atoms with Crippen molar-refractivity contribution in [2.45, 2.75) is 39.7 Å². The van der Waals surface area contributed by atoms with E-state index in [9.17, 15) is 9.59 Å². The van der Waals surface area contributed by atoms with Crippen LogP contribution in [0.2, 0.25) is 0 Å². The molecule has 2 aromatic rings. The van der Waals surface area contributed by atoms with Gasteiger partial charge in [0.05, 0.1) is 24.2 Å². The number of fused-ring (bicyclic) bond motifs is 1. The molecule has 0 bridgehead atoms. The topological polar surface area (TPSA) is 68.7 Å². The van der Waals surface area contributed by atoms with Crippen LogP contribution in [-0.4, -0.2) is 47.2 Å². The van der Waals surface area contributed by atoms with Crippen LogP contribution in [0.25, 0.3) is 16.5 Å². The molecule has 2 heterocycles. The lowest BCUT2D eigenvalue weighted by Crippen LogP contribution is -2.42. The number of esters is 1. The molecule has 0 spiro atoms. The minimum atomic E-state index is -0.591. The Bertz CT molecular complexity index is 922. The van der Waals surface area contributed by atoms with Gasteiger partial charge in [-0.1, -0.05) is 18.2 Å². The smallest absolute Gasteiger partial charge is 0.410 e. The van der Waals surface area contributed by atoms with Gasteiger partial charge in [0.1, 0.15) is 5.60 Å². The van der Waals surface area contributed by atoms with Crippen LogP contribution in [0.3, 0.4) is 0 Å². The summed E-state index contributed by atoms with van der Waals surface area (Å²) in [5, 5.41) is 0.979. The number of carbonyl (C=O) groups excluding carboxylic acids is 2. The van der Waals surface area contributed by atoms with Crippen molar-refractivity contribution in [2.24, 2.45) is 0 Å². The lowest BCUT2D eigenvalue weighted by Gasteiger charge is -2.32. The highest BCUT2D eigenvalue weighted by molar-refractivity contribution is 6.03. The predicted molar refractivity (Wildman–Crippen MR) is 108 cm³/mol. The van der Waals surface area contributed by atoms with Crippen molar-refractivity contribution in [2.75, 3.05) is 19.7 Å². The molecule has 0 N–H and O–H groups in total. The number of amides is 1. The molecule has 1 aliphatic rings. The largest absolute Gasteiger partial charge is 0.463 e. The van der Waals surface area contributed by atoms with Crippen molar-refractivity contribution in [3.05, 3.63) is 47.7 Å². The van der Waals surface area contributed by atoms with E-state index in [0.29, 0.717) is 18.5 Å². The lowest BCUT2D eigenvalue weighted by molar-refractivity contribution is -0.138. The molecule has 1 aromatic heterocycles. The van der Waals surface area contributed by atoms with Crippen LogP contribution in [0.15, 0.2) is 42.1 Å². The second kappa shape index (κ2) is 8.00. The fourth-order valence-electron chi connectivity index (χ4n) is 3.31. The summed E-state index contributed by atoms with van der Waals surface area (Å²) in [6.07, 6.45) is 1.86. The summed E-state index contributed by atoms with van der Waals surface area (Å²) in [4.78, 5) is 31.2. The summed E-state index contributed by atoms with van der Waals surface area (Å²) in [6, 6.07) is 9.74. The van der Waals surface area contributed by atoms with E-state index >= 15 is 0 Å². The summed E-state index contributed by atoms with van der Waals surface area (Å²) in [7, 11) is 0. The number of hydrogen-bond acceptors (Lipinski definition) is 5. The highest BCUT2D eigenvalue weighted by Gasteiger charge is 2.31. The van der Waals surface area contributed by atoms with Crippen LogP contribution in [-0.2, 0) is 14.3 Å². The van der Waals surface area contributed by atoms with E-state index in [1.54, 1.807) is 18.0 Å². The summed E-state index contributed by atoms with van der Waals surface area (Å²) in [5.74, 6) is -0.397. The maximum Gasteiger partial charge on any atom is 0.410 e. The Morgan fingerprint density at radius 2 is 1.93 bits per heavy atom. The minimum absolute atomic E-state index is 0.166. The molecule has 6 heteroatoms. The van der Waals surface area contributed by atoms with E-state index < -0.39 is 17.7 Å². The number of rotatable bonds is 3. The van der Waals surface area contributed by atoms with Gasteiger partial charge >= 0.3 is 12.1 Å². The van der Waals surface area contributed by atoms with Gasteiger partial charge in [0.15, 0.2) is 0 Å². The molecule has 0 saturated heterocycles. The summed E-state index contributed by atoms with van der Waals surface area (Å²) in [6.45, 7) is 8.17. The van der Waals surface area contributed by atoms with Crippen LogP contribution >= 0.6 is 0 Å². The van der Waals surface area contributed by atoms with Gasteiger partial charge in [0.2, 0.25) is 0 Å². The number of aromatic nitrogens is 1. The Kier molecular flexibility index (Phi) is 5.68. The first kappa shape index (κ1) is 19.9. The number of hydrogen-bond donors (Lipinski definition) is 0. The van der Waals surface area contributed by atoms with Gasteiger partial charge < -0.3 is 14.4 Å². The molecule has 148 valence electrons. The number of ether oxygens (including phenoxy) is 2. The van der Waals surface area contributed by atoms with Crippen molar-refractivity contribution in [1.29, 1.82) is 0 Å². The van der Waals surface area contributed by atoms with E-state index in [1.807, 2.05) is 51.1 Å². The molecule has 0 saturated carbocycles. The minimum Gasteiger partial charge on any atom is -0.463 e. The standard InChI is InChI=1S/C22H26N2O4/c1-5-27-20(25)18-14-24(21(26)28-22(2,3)4)13-11-16(18)15-10-12-23-19-9-7-6-8-17(15)19/h6-10,12H,5,11,13-14H2,1-4H3. The van der Waals surface area contributed by atoms with E-state index in [0.717, 1.165) is 22.0 Å². The van der Waals surface area contributed by atoms with E-state index in [-0.39, 0.29) is 13.2 Å². The van der Waals surface area contributed by atoms with Crippen LogP contribution in [0.5, 0.6) is 0 Å². The number of carbonyl (C=O) groups is 2. The molecule has 0 atom stereocenters. The van der Waals surface area contributed by atoms with Crippen molar-refractivity contribution in [1.82, 2.24) is 9.88 Å². The lowest BCUT2D eigenvalue weighted by atomic mass is 9.91. The zero-order valence-electron chi connectivity index (χ0n) is 16.8. The van der Waals surface area contributed by atoms with Gasteiger partial charge in [0, 0.05) is 18.1 Å². The highest BCUT2D eigenvalue weighted by Crippen LogP contribution is 2.33. The Hall–Kier alpha value is -2.89. The maximum absolute atomic E-state index is 12.7. The molecular weight excluding hydrogens is 356 g/mol. The predicted octanol–water partition coefficient (Wildman–Crippen LogP) is 4.19. The summed E-state index contributed by atoms with van der Waals surface area (Å²) < 4.78 is 10.8. The molecule has 1 amide bonds. The molecule has 6 nitrogen and oxygen atoms in total. The molecule has 0 radical (unpaired) electrons. The average molecular weight is 382 g/mol. The first-order valence-corrected chi connectivity index (χ1v) is 9.51. The second-order valence-electron chi connectivity index (χ2n) is 7.71. The van der Waals surface area contributed by atoms with Crippen molar-refractivity contribution in [3.8, 4) is 0 Å². The third kappa shape index (κ3) is 4.32. The zero-order chi connectivity index (χ0) is 20.3. The first-order valence-electron chi connectivity index (χ1n) is 9.51. The number of nitrogens with zero attached hydrogens (tertiary/aromatic N) is 2. The molecular formula is C22H26N2O4. The number of benzene rings is 1. The summed E-state index contributed by atoms with van der Waals surface area (Å²) >= 11 is 0. The fourth-order valence-corrected chi connectivity index (χ4v) is 3.31. The maximum atomic E-state index is 12.7. The van der Waals surface area contributed by atoms with E-state index in [1.165, 1.54) is 0 Å². The van der Waals surface area contributed by atoms with Crippen LogP contribution in [0, 0.1) is 0 Å². The van der Waals surface area contributed by atoms with Gasteiger partial charge in [-0.15, -0.1) is 0 Å². The molecule has 28 heavy (non-hydrogen) atoms. The molecule has 0 aliphatic carbocycles. The van der Waals surface area contributed by atoms with E-state index in [2.05, 4.69) is 4.98 Å². The number of pyridine rings is 1. The van der Waals surface area contributed by atoms with Gasteiger partial charge in [-0.05, 0) is 57.4 Å². The van der Waals surface area contributed by atoms with Crippen molar-refractivity contribution < 1.29 is 19.1 Å². The molecule has 1 aromatic carbocycles. The molecule has 3 rings (SSSR count). The normalized spacial score (nSPS) is 14.9. The molecule has 0 unspecified atom stereocenters. The van der Waals surface area contributed by atoms with Gasteiger partial charge in [-0.2, -0.15) is 0 Å². The van der Waals surface area contributed by atoms with Gasteiger partial charge in [-0.3, -0.25) is 4.98 Å². The van der Waals surface area contributed by atoms with E-state index in [4.69, 9.17) is 9.47 Å². The third-order valence-electron chi connectivity index (χ3n) is 4.49. The fraction of sp³-hybridized carbons (Fsp3) is 0.409. The third-order valence-corrected chi connectivity index (χ3v) is 4.49. The highest BCUT2D eigenvalue weighted by atomic mass is 16.6.